The maximum Gasteiger partial charge on any atom is 0.343 e. The molecule has 2 N–H and O–H groups in total. The minimum absolute atomic E-state index is 0. The summed E-state index contributed by atoms with van der Waals surface area (Å²) in [5, 5.41) is 0. The van der Waals surface area contributed by atoms with E-state index in [9.17, 15) is 14.4 Å². The fraction of sp³-hybridized carbons (Fsp3) is 0.300. The summed E-state index contributed by atoms with van der Waals surface area (Å²) < 4.78 is 16.8. The SMILES string of the molecule is CCCC(CCC)OC(=O)[C@@H](N)Cc1ccc(OC(=O)c2ccccc2)c(OC(=O)c2ccccc2)c1.Cl. The quantitative estimate of drug-likeness (QED) is 0.225. The second-order valence-corrected chi connectivity index (χ2v) is 8.74. The van der Waals surface area contributed by atoms with Crippen molar-refractivity contribution >= 4 is 30.3 Å². The van der Waals surface area contributed by atoms with Crippen LogP contribution in [0.2, 0.25) is 0 Å². The lowest BCUT2D eigenvalue weighted by molar-refractivity contribution is -0.151. The highest BCUT2D eigenvalue weighted by Gasteiger charge is 2.22. The summed E-state index contributed by atoms with van der Waals surface area (Å²) in [4.78, 5) is 38.0. The summed E-state index contributed by atoms with van der Waals surface area (Å²) in [6.45, 7) is 4.09. The molecule has 7 nitrogen and oxygen atoms in total. The van der Waals surface area contributed by atoms with Gasteiger partial charge in [-0.2, -0.15) is 0 Å². The molecule has 0 saturated carbocycles. The first kappa shape index (κ1) is 30.5. The molecule has 202 valence electrons. The van der Waals surface area contributed by atoms with E-state index in [4.69, 9.17) is 19.9 Å². The normalized spacial score (nSPS) is 11.3. The number of benzene rings is 3. The molecule has 0 spiro atoms. The molecule has 1 atom stereocenters. The Balaban J connectivity index is 0.00000507. The van der Waals surface area contributed by atoms with Crippen LogP contribution in [0.5, 0.6) is 11.5 Å². The lowest BCUT2D eigenvalue weighted by Crippen LogP contribution is -2.36. The molecule has 3 aromatic carbocycles. The molecular weight excluding hydrogens is 506 g/mol. The van der Waals surface area contributed by atoms with E-state index in [1.807, 2.05) is 13.8 Å². The van der Waals surface area contributed by atoms with Crippen LogP contribution in [0.4, 0.5) is 0 Å². The molecule has 0 aliphatic carbocycles. The van der Waals surface area contributed by atoms with Crippen molar-refractivity contribution in [1.82, 2.24) is 0 Å². The molecule has 0 unspecified atom stereocenters. The predicted octanol–water partition coefficient (Wildman–Crippen LogP) is 5.93. The van der Waals surface area contributed by atoms with Gasteiger partial charge in [0, 0.05) is 0 Å². The van der Waals surface area contributed by atoms with Gasteiger partial charge in [0.1, 0.15) is 12.1 Å². The van der Waals surface area contributed by atoms with E-state index >= 15 is 0 Å². The molecule has 0 aromatic heterocycles. The summed E-state index contributed by atoms with van der Waals surface area (Å²) in [5.74, 6) is -1.56. The summed E-state index contributed by atoms with van der Waals surface area (Å²) in [7, 11) is 0. The van der Waals surface area contributed by atoms with Crippen LogP contribution in [0, 0.1) is 0 Å². The second kappa shape index (κ2) is 15.5. The first-order chi connectivity index (χ1) is 17.9. The molecule has 0 aliphatic rings. The Labute approximate surface area is 229 Å². The molecule has 0 radical (unpaired) electrons. The minimum atomic E-state index is -0.897. The Bertz CT molecular complexity index is 1180. The largest absolute Gasteiger partial charge is 0.461 e. The molecule has 0 amide bonds. The van der Waals surface area contributed by atoms with Crippen LogP contribution in [-0.4, -0.2) is 30.1 Å². The van der Waals surface area contributed by atoms with Crippen LogP contribution in [0.15, 0.2) is 78.9 Å². The third-order valence-electron chi connectivity index (χ3n) is 5.69. The molecule has 0 fully saturated rings. The zero-order chi connectivity index (χ0) is 26.6. The van der Waals surface area contributed by atoms with E-state index < -0.39 is 23.9 Å². The van der Waals surface area contributed by atoms with Crippen molar-refractivity contribution in [3.8, 4) is 11.5 Å². The van der Waals surface area contributed by atoms with Gasteiger partial charge in [-0.3, -0.25) is 4.79 Å². The Kier molecular flexibility index (Phi) is 12.5. The van der Waals surface area contributed by atoms with Crippen molar-refractivity contribution in [2.45, 2.75) is 58.1 Å². The van der Waals surface area contributed by atoms with Crippen LogP contribution in [-0.2, 0) is 16.0 Å². The Morgan fingerprint density at radius 1 is 0.737 bits per heavy atom. The van der Waals surface area contributed by atoms with E-state index in [1.54, 1.807) is 72.8 Å². The fourth-order valence-electron chi connectivity index (χ4n) is 3.80. The van der Waals surface area contributed by atoms with Crippen molar-refractivity contribution in [2.75, 3.05) is 0 Å². The number of halogens is 1. The second-order valence-electron chi connectivity index (χ2n) is 8.74. The van der Waals surface area contributed by atoms with Crippen molar-refractivity contribution < 1.29 is 28.6 Å². The van der Waals surface area contributed by atoms with E-state index in [0.717, 1.165) is 25.7 Å². The van der Waals surface area contributed by atoms with Gasteiger partial charge in [-0.15, -0.1) is 12.4 Å². The summed E-state index contributed by atoms with van der Waals surface area (Å²) >= 11 is 0. The number of carbonyl (C=O) groups is 3. The fourth-order valence-corrected chi connectivity index (χ4v) is 3.80. The monoisotopic (exact) mass is 539 g/mol. The first-order valence-corrected chi connectivity index (χ1v) is 12.5. The average molecular weight is 540 g/mol. The number of hydrogen-bond donors (Lipinski definition) is 1. The van der Waals surface area contributed by atoms with Gasteiger partial charge >= 0.3 is 17.9 Å². The third kappa shape index (κ3) is 9.01. The highest BCUT2D eigenvalue weighted by Crippen LogP contribution is 2.31. The summed E-state index contributed by atoms with van der Waals surface area (Å²) in [6.07, 6.45) is 3.39. The third-order valence-corrected chi connectivity index (χ3v) is 5.69. The number of esters is 3. The van der Waals surface area contributed by atoms with E-state index in [2.05, 4.69) is 0 Å². The van der Waals surface area contributed by atoms with Crippen molar-refractivity contribution in [2.24, 2.45) is 5.73 Å². The summed E-state index contributed by atoms with van der Waals surface area (Å²) in [6, 6.07) is 20.8. The van der Waals surface area contributed by atoms with E-state index in [-0.39, 0.29) is 36.4 Å². The topological polar surface area (TPSA) is 105 Å². The Morgan fingerprint density at radius 3 is 1.74 bits per heavy atom. The highest BCUT2D eigenvalue weighted by atomic mass is 35.5. The summed E-state index contributed by atoms with van der Waals surface area (Å²) in [5.41, 5.74) is 7.48. The average Bonchev–Trinajstić information content (AvgIpc) is 2.91. The number of ether oxygens (including phenoxy) is 3. The molecular formula is C30H34ClNO6. The molecule has 0 heterocycles. The van der Waals surface area contributed by atoms with Crippen molar-refractivity contribution in [1.29, 1.82) is 0 Å². The van der Waals surface area contributed by atoms with Crippen LogP contribution < -0.4 is 15.2 Å². The number of nitrogens with two attached hydrogens (primary N) is 1. The standard InChI is InChI=1S/C30H33NO6.ClH/c1-3-11-24(12-4-2)35-30(34)25(31)19-21-17-18-26(36-28(32)22-13-7-5-8-14-22)27(20-21)37-29(33)23-15-9-6-10-16-23;/h5-10,13-18,20,24-25H,3-4,11-12,19,31H2,1-2H3;1H/t25-;/m0./s1. The smallest absolute Gasteiger partial charge is 0.343 e. The van der Waals surface area contributed by atoms with Gasteiger partial charge in [-0.1, -0.05) is 69.2 Å². The highest BCUT2D eigenvalue weighted by molar-refractivity contribution is 5.93. The molecule has 0 aliphatic heterocycles. The van der Waals surface area contributed by atoms with E-state index in [0.29, 0.717) is 16.7 Å². The van der Waals surface area contributed by atoms with Gasteiger partial charge in [0.15, 0.2) is 11.5 Å². The molecule has 0 bridgehead atoms. The van der Waals surface area contributed by atoms with Crippen LogP contribution in [0.1, 0.15) is 65.8 Å². The zero-order valence-electron chi connectivity index (χ0n) is 21.6. The molecule has 3 rings (SSSR count). The van der Waals surface area contributed by atoms with Crippen LogP contribution in [0.25, 0.3) is 0 Å². The number of hydrogen-bond acceptors (Lipinski definition) is 7. The Hall–Kier alpha value is -3.68. The molecule has 3 aromatic rings. The van der Waals surface area contributed by atoms with E-state index in [1.165, 1.54) is 6.07 Å². The molecule has 38 heavy (non-hydrogen) atoms. The van der Waals surface area contributed by atoms with Gasteiger partial charge in [0.2, 0.25) is 0 Å². The van der Waals surface area contributed by atoms with Gasteiger partial charge < -0.3 is 19.9 Å². The predicted molar refractivity (Wildman–Crippen MR) is 148 cm³/mol. The van der Waals surface area contributed by atoms with Crippen LogP contribution >= 0.6 is 12.4 Å². The molecule has 8 heteroatoms. The minimum Gasteiger partial charge on any atom is -0.461 e. The number of carbonyl (C=O) groups excluding carboxylic acids is 3. The van der Waals surface area contributed by atoms with Crippen molar-refractivity contribution in [3.05, 3.63) is 95.6 Å². The van der Waals surface area contributed by atoms with Gasteiger partial charge in [0.05, 0.1) is 11.1 Å². The van der Waals surface area contributed by atoms with Gasteiger partial charge in [-0.25, -0.2) is 9.59 Å². The molecule has 0 saturated heterocycles. The maximum atomic E-state index is 12.7. The number of rotatable bonds is 12. The van der Waals surface area contributed by atoms with Gasteiger partial charge in [-0.05, 0) is 61.2 Å². The maximum absolute atomic E-state index is 12.7. The Morgan fingerprint density at radius 2 is 1.24 bits per heavy atom. The zero-order valence-corrected chi connectivity index (χ0v) is 22.4. The van der Waals surface area contributed by atoms with Crippen LogP contribution in [0.3, 0.4) is 0 Å². The lowest BCUT2D eigenvalue weighted by Gasteiger charge is -2.20. The first-order valence-electron chi connectivity index (χ1n) is 12.5. The lowest BCUT2D eigenvalue weighted by atomic mass is 10.1. The van der Waals surface area contributed by atoms with Crippen molar-refractivity contribution in [3.63, 3.8) is 0 Å². The van der Waals surface area contributed by atoms with Gasteiger partial charge in [0.25, 0.3) is 0 Å².